The molecule has 0 bridgehead atoms. The minimum atomic E-state index is -0.613. The zero-order chi connectivity index (χ0) is 22.9. The highest BCUT2D eigenvalue weighted by Crippen LogP contribution is 2.24. The van der Waals surface area contributed by atoms with Crippen molar-refractivity contribution >= 4 is 23.5 Å². The molecule has 1 aliphatic carbocycles. The first-order chi connectivity index (χ1) is 15.5. The van der Waals surface area contributed by atoms with Crippen molar-refractivity contribution in [3.63, 3.8) is 0 Å². The van der Waals surface area contributed by atoms with Crippen LogP contribution in [0.4, 0.5) is 4.39 Å². The Bertz CT molecular complexity index is 930. The first-order valence-corrected chi connectivity index (χ1v) is 11.0. The molecule has 2 unspecified atom stereocenters. The van der Waals surface area contributed by atoms with E-state index in [-0.39, 0.29) is 17.8 Å². The molecular weight excluding hydrogens is 433 g/mol. The molecule has 170 valence electrons. The number of aliphatic imine (C=N–C) groups is 1. The molecule has 0 radical (unpaired) electrons. The van der Waals surface area contributed by atoms with Gasteiger partial charge in [-0.2, -0.15) is 9.90 Å². The van der Waals surface area contributed by atoms with Crippen LogP contribution in [0.1, 0.15) is 54.1 Å². The summed E-state index contributed by atoms with van der Waals surface area (Å²) in [6.45, 7) is 0. The number of hydrogen-bond acceptors (Lipinski definition) is 4. The Morgan fingerprint density at radius 1 is 1.12 bits per heavy atom. The third kappa shape index (κ3) is 6.83. The molecule has 0 aromatic heterocycles. The van der Waals surface area contributed by atoms with E-state index >= 15 is 0 Å². The van der Waals surface area contributed by atoms with E-state index in [9.17, 15) is 14.1 Å². The van der Waals surface area contributed by atoms with E-state index in [1.54, 1.807) is 31.3 Å². The highest BCUT2D eigenvalue weighted by molar-refractivity contribution is 6.30. The van der Waals surface area contributed by atoms with E-state index in [2.05, 4.69) is 26.1 Å². The molecule has 1 aliphatic rings. The summed E-state index contributed by atoms with van der Waals surface area (Å²) in [4.78, 5) is 28.4. The zero-order valence-electron chi connectivity index (χ0n) is 17.9. The average Bonchev–Trinajstić information content (AvgIpc) is 3.30. The van der Waals surface area contributed by atoms with Gasteiger partial charge in [0.05, 0.1) is 6.17 Å². The summed E-state index contributed by atoms with van der Waals surface area (Å²) in [5.74, 6) is -0.597. The molecular formula is C23H27ClFN5O2. The van der Waals surface area contributed by atoms with Gasteiger partial charge in [0.25, 0.3) is 5.91 Å². The number of hydrogen-bond donors (Lipinski definition) is 3. The van der Waals surface area contributed by atoms with Crippen molar-refractivity contribution in [3.05, 3.63) is 75.4 Å². The molecule has 0 heterocycles. The lowest BCUT2D eigenvalue weighted by atomic mass is 10.0. The fraction of sp³-hybridized carbons (Fsp3) is 0.391. The molecule has 9 heteroatoms. The lowest BCUT2D eigenvalue weighted by molar-refractivity contribution is 0.100. The standard InChI is InChI=1S/C23H27ClFN5O2/c1-26-21(14-20(30-32)15-6-10-17(24)11-7-15)28-23(27-19-4-2-3-5-19)29-22(31)16-8-12-18(25)13-9-16/h6-13,19-21,26H,2-5,14H2,1H3,(H2,27,28,29,31). The molecule has 0 spiro atoms. The molecule has 1 fully saturated rings. The van der Waals surface area contributed by atoms with Crippen LogP contribution in [-0.2, 0) is 0 Å². The molecule has 2 atom stereocenters. The van der Waals surface area contributed by atoms with Crippen LogP contribution in [0.25, 0.3) is 0 Å². The fourth-order valence-corrected chi connectivity index (χ4v) is 3.82. The van der Waals surface area contributed by atoms with Crippen LogP contribution >= 0.6 is 11.6 Å². The molecule has 7 nitrogen and oxygen atoms in total. The van der Waals surface area contributed by atoms with Crippen molar-refractivity contribution < 1.29 is 9.18 Å². The van der Waals surface area contributed by atoms with Crippen molar-refractivity contribution in [2.75, 3.05) is 7.05 Å². The summed E-state index contributed by atoms with van der Waals surface area (Å²) in [6, 6.07) is 11.8. The molecule has 1 amide bonds. The third-order valence-corrected chi connectivity index (χ3v) is 5.75. The van der Waals surface area contributed by atoms with Crippen LogP contribution in [0.5, 0.6) is 0 Å². The minimum Gasteiger partial charge on any atom is -0.353 e. The van der Waals surface area contributed by atoms with Crippen molar-refractivity contribution in [1.29, 1.82) is 0 Å². The quantitative estimate of drug-likeness (QED) is 0.233. The zero-order valence-corrected chi connectivity index (χ0v) is 18.6. The Morgan fingerprint density at radius 2 is 1.78 bits per heavy atom. The lowest BCUT2D eigenvalue weighted by Gasteiger charge is -2.25. The van der Waals surface area contributed by atoms with Crippen LogP contribution in [0.15, 0.2) is 58.7 Å². The largest absolute Gasteiger partial charge is 0.353 e. The van der Waals surface area contributed by atoms with E-state index in [0.717, 1.165) is 31.2 Å². The number of nitroso groups, excluding NO2 is 1. The summed E-state index contributed by atoms with van der Waals surface area (Å²) in [7, 11) is 1.75. The monoisotopic (exact) mass is 459 g/mol. The van der Waals surface area contributed by atoms with Crippen LogP contribution in [-0.4, -0.2) is 31.1 Å². The number of amides is 1. The van der Waals surface area contributed by atoms with Gasteiger partial charge in [0.15, 0.2) is 0 Å². The van der Waals surface area contributed by atoms with Crippen LogP contribution in [0, 0.1) is 10.7 Å². The number of halogens is 2. The summed E-state index contributed by atoms with van der Waals surface area (Å²) in [5, 5.41) is 13.5. The number of rotatable bonds is 8. The Morgan fingerprint density at radius 3 is 2.38 bits per heavy atom. The topological polar surface area (TPSA) is 94.9 Å². The van der Waals surface area contributed by atoms with Crippen molar-refractivity contribution in [1.82, 2.24) is 16.0 Å². The molecule has 0 aliphatic heterocycles. The van der Waals surface area contributed by atoms with Gasteiger partial charge < -0.3 is 16.0 Å². The predicted molar refractivity (Wildman–Crippen MR) is 124 cm³/mol. The number of carbonyl (C=O) groups excluding carboxylic acids is 1. The SMILES string of the molecule is CNC(CC(N=O)c1ccc(Cl)cc1)N/C(=N\C(=O)c1ccc(F)cc1)NC1CCCC1. The highest BCUT2D eigenvalue weighted by atomic mass is 35.5. The Kier molecular flexibility index (Phi) is 8.70. The van der Waals surface area contributed by atoms with Gasteiger partial charge in [-0.1, -0.05) is 41.8 Å². The maximum Gasteiger partial charge on any atom is 0.280 e. The first kappa shape index (κ1) is 23.8. The second-order valence-corrected chi connectivity index (χ2v) is 8.23. The van der Waals surface area contributed by atoms with E-state index in [1.807, 2.05) is 0 Å². The van der Waals surface area contributed by atoms with E-state index < -0.39 is 17.8 Å². The minimum absolute atomic E-state index is 0.205. The summed E-state index contributed by atoms with van der Waals surface area (Å²) in [6.07, 6.45) is 4.14. The van der Waals surface area contributed by atoms with Crippen molar-refractivity contribution in [3.8, 4) is 0 Å². The number of guanidine groups is 1. The second kappa shape index (κ2) is 11.7. The molecule has 2 aromatic carbocycles. The van der Waals surface area contributed by atoms with Gasteiger partial charge in [-0.3, -0.25) is 4.79 Å². The smallest absolute Gasteiger partial charge is 0.280 e. The van der Waals surface area contributed by atoms with E-state index in [0.29, 0.717) is 17.4 Å². The van der Waals surface area contributed by atoms with Gasteiger partial charge in [-0.15, -0.1) is 0 Å². The number of nitrogens with one attached hydrogen (secondary N) is 3. The fourth-order valence-electron chi connectivity index (χ4n) is 3.69. The van der Waals surface area contributed by atoms with Gasteiger partial charge in [0, 0.05) is 23.0 Å². The summed E-state index contributed by atoms with van der Waals surface area (Å²) < 4.78 is 13.2. The Labute approximate surface area is 191 Å². The number of nitrogens with zero attached hydrogens (tertiary/aromatic N) is 2. The maximum atomic E-state index is 13.2. The highest BCUT2D eigenvalue weighted by Gasteiger charge is 2.22. The van der Waals surface area contributed by atoms with Gasteiger partial charge in [0.2, 0.25) is 5.96 Å². The molecule has 1 saturated carbocycles. The predicted octanol–water partition coefficient (Wildman–Crippen LogP) is 4.54. The normalized spacial score (nSPS) is 16.4. The Balaban J connectivity index is 1.76. The first-order valence-electron chi connectivity index (χ1n) is 10.7. The molecule has 3 N–H and O–H groups in total. The second-order valence-electron chi connectivity index (χ2n) is 7.79. The molecule has 2 aromatic rings. The van der Waals surface area contributed by atoms with Gasteiger partial charge in [0.1, 0.15) is 11.9 Å². The average molecular weight is 460 g/mol. The lowest BCUT2D eigenvalue weighted by Crippen LogP contribution is -2.51. The third-order valence-electron chi connectivity index (χ3n) is 5.50. The van der Waals surface area contributed by atoms with Gasteiger partial charge in [-0.05, 0) is 61.9 Å². The molecule has 0 saturated heterocycles. The molecule has 3 rings (SSSR count). The van der Waals surface area contributed by atoms with Gasteiger partial charge >= 0.3 is 0 Å². The van der Waals surface area contributed by atoms with Crippen LogP contribution < -0.4 is 16.0 Å². The summed E-state index contributed by atoms with van der Waals surface area (Å²) >= 11 is 5.94. The van der Waals surface area contributed by atoms with Crippen LogP contribution in [0.3, 0.4) is 0 Å². The van der Waals surface area contributed by atoms with E-state index in [4.69, 9.17) is 11.6 Å². The van der Waals surface area contributed by atoms with Crippen molar-refractivity contribution in [2.24, 2.45) is 10.2 Å². The van der Waals surface area contributed by atoms with Gasteiger partial charge in [-0.25, -0.2) is 4.39 Å². The summed E-state index contributed by atoms with van der Waals surface area (Å²) in [5.41, 5.74) is 1.03. The Hall–Kier alpha value is -2.84. The maximum absolute atomic E-state index is 13.2. The van der Waals surface area contributed by atoms with Crippen LogP contribution in [0.2, 0.25) is 5.02 Å². The number of benzene rings is 2. The number of carbonyl (C=O) groups is 1. The van der Waals surface area contributed by atoms with E-state index in [1.165, 1.54) is 24.3 Å². The molecule has 32 heavy (non-hydrogen) atoms. The van der Waals surface area contributed by atoms with Crippen molar-refractivity contribution in [2.45, 2.75) is 50.4 Å².